The molecule has 70 valence electrons. The lowest BCUT2D eigenvalue weighted by Gasteiger charge is -2.03. The lowest BCUT2D eigenvalue weighted by Crippen LogP contribution is -2.16. The van der Waals surface area contributed by atoms with Gasteiger partial charge in [-0.15, -0.1) is 0 Å². The minimum absolute atomic E-state index is 0.0919. The highest BCUT2D eigenvalue weighted by Crippen LogP contribution is 2.51. The molecule has 0 aromatic carbocycles. The van der Waals surface area contributed by atoms with Gasteiger partial charge in [0.05, 0.1) is 12.5 Å². The Kier molecular flexibility index (Phi) is 1.65. The number of rotatable bonds is 2. The van der Waals surface area contributed by atoms with Crippen molar-refractivity contribution in [3.63, 3.8) is 0 Å². The summed E-state index contributed by atoms with van der Waals surface area (Å²) in [5.41, 5.74) is 0.185. The Balaban J connectivity index is 1.94. The van der Waals surface area contributed by atoms with Crippen molar-refractivity contribution in [2.75, 3.05) is 5.32 Å². The van der Waals surface area contributed by atoms with Crippen LogP contribution >= 0.6 is 0 Å². The predicted octanol–water partition coefficient (Wildman–Crippen LogP) is 1.39. The van der Waals surface area contributed by atoms with Crippen molar-refractivity contribution in [1.29, 1.82) is 0 Å². The third kappa shape index (κ3) is 1.56. The van der Waals surface area contributed by atoms with Crippen molar-refractivity contribution in [3.8, 4) is 0 Å². The molecule has 4 heteroatoms. The van der Waals surface area contributed by atoms with Crippen LogP contribution in [0.5, 0.6) is 0 Å². The number of imidazole rings is 1. The van der Waals surface area contributed by atoms with Crippen molar-refractivity contribution in [2.24, 2.45) is 11.3 Å². The zero-order valence-electron chi connectivity index (χ0n) is 7.79. The van der Waals surface area contributed by atoms with Crippen LogP contribution in [0.4, 0.5) is 5.82 Å². The van der Waals surface area contributed by atoms with Crippen LogP contribution in [0.2, 0.25) is 0 Å². The molecule has 1 saturated carbocycles. The van der Waals surface area contributed by atoms with Crippen LogP contribution in [-0.4, -0.2) is 15.9 Å². The average Bonchev–Trinajstić information content (AvgIpc) is 2.49. The monoisotopic (exact) mass is 179 g/mol. The number of carbonyl (C=O) groups excluding carboxylic acids is 1. The molecule has 4 nitrogen and oxygen atoms in total. The van der Waals surface area contributed by atoms with E-state index < -0.39 is 0 Å². The molecule has 0 spiro atoms. The van der Waals surface area contributed by atoms with Gasteiger partial charge in [0.25, 0.3) is 0 Å². The van der Waals surface area contributed by atoms with Crippen molar-refractivity contribution >= 4 is 11.7 Å². The minimum atomic E-state index is 0.0919. The molecule has 1 amide bonds. The summed E-state index contributed by atoms with van der Waals surface area (Å²) in [4.78, 5) is 18.2. The first-order valence-corrected chi connectivity index (χ1v) is 4.39. The molecular weight excluding hydrogens is 166 g/mol. The van der Waals surface area contributed by atoms with E-state index in [9.17, 15) is 4.79 Å². The molecule has 1 aromatic heterocycles. The Hall–Kier alpha value is -1.32. The quantitative estimate of drug-likeness (QED) is 0.720. The fourth-order valence-electron chi connectivity index (χ4n) is 1.46. The summed E-state index contributed by atoms with van der Waals surface area (Å²) in [6.07, 6.45) is 4.13. The van der Waals surface area contributed by atoms with Gasteiger partial charge in [0.15, 0.2) is 0 Å². The molecule has 1 atom stereocenters. The van der Waals surface area contributed by atoms with Gasteiger partial charge in [-0.1, -0.05) is 13.8 Å². The van der Waals surface area contributed by atoms with Gasteiger partial charge in [-0.3, -0.25) is 4.79 Å². The third-order valence-electron chi connectivity index (χ3n) is 2.59. The molecule has 0 radical (unpaired) electrons. The topological polar surface area (TPSA) is 57.8 Å². The van der Waals surface area contributed by atoms with Crippen molar-refractivity contribution in [3.05, 3.63) is 12.5 Å². The van der Waals surface area contributed by atoms with E-state index in [-0.39, 0.29) is 17.2 Å². The Morgan fingerprint density at radius 1 is 1.77 bits per heavy atom. The lowest BCUT2D eigenvalue weighted by atomic mass is 10.1. The van der Waals surface area contributed by atoms with Crippen LogP contribution in [0.25, 0.3) is 0 Å². The Bertz CT molecular complexity index is 316. The highest BCUT2D eigenvalue weighted by Gasteiger charge is 2.50. The Morgan fingerprint density at radius 2 is 2.46 bits per heavy atom. The zero-order valence-corrected chi connectivity index (χ0v) is 7.79. The van der Waals surface area contributed by atoms with Crippen LogP contribution in [0.3, 0.4) is 0 Å². The molecule has 0 saturated heterocycles. The number of anilines is 1. The van der Waals surface area contributed by atoms with Gasteiger partial charge in [-0.05, 0) is 11.8 Å². The van der Waals surface area contributed by atoms with Gasteiger partial charge >= 0.3 is 0 Å². The van der Waals surface area contributed by atoms with E-state index in [1.807, 2.05) is 0 Å². The number of amides is 1. The normalized spacial score (nSPS) is 24.0. The van der Waals surface area contributed by atoms with E-state index in [4.69, 9.17) is 0 Å². The van der Waals surface area contributed by atoms with Gasteiger partial charge in [-0.25, -0.2) is 4.98 Å². The fourth-order valence-corrected chi connectivity index (χ4v) is 1.46. The maximum atomic E-state index is 11.5. The van der Waals surface area contributed by atoms with Gasteiger partial charge in [0, 0.05) is 5.92 Å². The van der Waals surface area contributed by atoms with Crippen LogP contribution < -0.4 is 5.32 Å². The molecule has 0 aliphatic heterocycles. The number of H-pyrrole nitrogens is 1. The number of hydrogen-bond acceptors (Lipinski definition) is 2. The maximum Gasteiger partial charge on any atom is 0.229 e. The molecule has 0 unspecified atom stereocenters. The summed E-state index contributed by atoms with van der Waals surface area (Å²) in [5.74, 6) is 0.928. The Labute approximate surface area is 76.8 Å². The van der Waals surface area contributed by atoms with Crippen LogP contribution in [0.15, 0.2) is 12.5 Å². The largest absolute Gasteiger partial charge is 0.331 e. The summed E-state index contributed by atoms with van der Waals surface area (Å²) in [6.45, 7) is 4.20. The molecule has 13 heavy (non-hydrogen) atoms. The number of carbonyl (C=O) groups is 1. The third-order valence-corrected chi connectivity index (χ3v) is 2.59. The first-order chi connectivity index (χ1) is 6.09. The molecule has 0 bridgehead atoms. The number of nitrogens with zero attached hydrogens (tertiary/aromatic N) is 1. The highest BCUT2D eigenvalue weighted by molar-refractivity contribution is 5.94. The van der Waals surface area contributed by atoms with Crippen molar-refractivity contribution < 1.29 is 4.79 Å². The van der Waals surface area contributed by atoms with Crippen molar-refractivity contribution in [2.45, 2.75) is 20.3 Å². The Morgan fingerprint density at radius 3 is 2.92 bits per heavy atom. The summed E-state index contributed by atoms with van der Waals surface area (Å²) in [7, 11) is 0. The number of hydrogen-bond donors (Lipinski definition) is 2. The van der Waals surface area contributed by atoms with Gasteiger partial charge in [0.1, 0.15) is 5.82 Å². The number of nitrogens with one attached hydrogen (secondary N) is 2. The molecule has 1 aromatic rings. The smallest absolute Gasteiger partial charge is 0.229 e. The van der Waals surface area contributed by atoms with Gasteiger partial charge < -0.3 is 10.3 Å². The second kappa shape index (κ2) is 2.58. The SMILES string of the molecule is CC1(C)C[C@@H]1C(=O)Nc1cnc[nH]1. The summed E-state index contributed by atoms with van der Waals surface area (Å²) < 4.78 is 0. The van der Waals surface area contributed by atoms with Crippen LogP contribution in [-0.2, 0) is 4.79 Å². The second-order valence-corrected chi connectivity index (χ2v) is 4.20. The molecule has 1 heterocycles. The average molecular weight is 179 g/mol. The summed E-state index contributed by atoms with van der Waals surface area (Å²) >= 11 is 0. The van der Waals surface area contributed by atoms with E-state index >= 15 is 0 Å². The molecular formula is C9H13N3O. The van der Waals surface area contributed by atoms with Crippen LogP contribution in [0, 0.1) is 11.3 Å². The maximum absolute atomic E-state index is 11.5. The summed E-state index contributed by atoms with van der Waals surface area (Å²) in [5, 5.41) is 2.78. The number of aromatic nitrogens is 2. The highest BCUT2D eigenvalue weighted by atomic mass is 16.2. The van der Waals surface area contributed by atoms with E-state index in [1.54, 1.807) is 12.5 Å². The predicted molar refractivity (Wildman–Crippen MR) is 49.1 cm³/mol. The molecule has 1 fully saturated rings. The van der Waals surface area contributed by atoms with E-state index in [0.717, 1.165) is 6.42 Å². The standard InChI is InChI=1S/C9H13N3O/c1-9(2)3-6(9)8(13)12-7-4-10-5-11-7/h4-6H,3H2,1-2H3,(H,10,11)(H,12,13)/t6-/m1/s1. The summed E-state index contributed by atoms with van der Waals surface area (Å²) in [6, 6.07) is 0. The van der Waals surface area contributed by atoms with Crippen LogP contribution in [0.1, 0.15) is 20.3 Å². The molecule has 1 aliphatic rings. The first kappa shape index (κ1) is 8.29. The van der Waals surface area contributed by atoms with Gasteiger partial charge in [0.2, 0.25) is 5.91 Å². The second-order valence-electron chi connectivity index (χ2n) is 4.20. The number of aromatic amines is 1. The molecule has 2 rings (SSSR count). The first-order valence-electron chi connectivity index (χ1n) is 4.39. The van der Waals surface area contributed by atoms with E-state index in [2.05, 4.69) is 29.1 Å². The van der Waals surface area contributed by atoms with E-state index in [0.29, 0.717) is 5.82 Å². The zero-order chi connectivity index (χ0) is 9.47. The van der Waals surface area contributed by atoms with Crippen molar-refractivity contribution in [1.82, 2.24) is 9.97 Å². The minimum Gasteiger partial charge on any atom is -0.331 e. The lowest BCUT2D eigenvalue weighted by molar-refractivity contribution is -0.118. The fraction of sp³-hybridized carbons (Fsp3) is 0.556. The van der Waals surface area contributed by atoms with E-state index in [1.165, 1.54) is 0 Å². The molecule has 2 N–H and O–H groups in total. The van der Waals surface area contributed by atoms with Gasteiger partial charge in [-0.2, -0.15) is 0 Å². The molecule has 1 aliphatic carbocycles.